The molecule has 3 aliphatic rings. The molecule has 1 amide bonds. The Kier molecular flexibility index (Phi) is 4.50. The first-order chi connectivity index (χ1) is 11.7. The van der Waals surface area contributed by atoms with Gasteiger partial charge in [-0.05, 0) is 62.3 Å². The van der Waals surface area contributed by atoms with E-state index in [-0.39, 0.29) is 11.8 Å². The standard InChI is InChI=1S/C20H27NO2S/c1-2-12-5-8-17-15(9-12)19(20(23)21-11-13-3-4-13)18(24-17)10-16(22)14-6-7-14/h12-14H,2-11H2,1H3,(H,21,23). The third-order valence-corrected chi connectivity index (χ3v) is 7.15. The van der Waals surface area contributed by atoms with Gasteiger partial charge in [-0.2, -0.15) is 0 Å². The summed E-state index contributed by atoms with van der Waals surface area (Å²) in [7, 11) is 0. The number of amides is 1. The molecule has 24 heavy (non-hydrogen) atoms. The lowest BCUT2D eigenvalue weighted by Crippen LogP contribution is -2.28. The first-order valence-corrected chi connectivity index (χ1v) is 10.4. The molecule has 2 fully saturated rings. The minimum atomic E-state index is 0.0785. The summed E-state index contributed by atoms with van der Waals surface area (Å²) >= 11 is 1.74. The average Bonchev–Trinajstić information content (AvgIpc) is 3.48. The topological polar surface area (TPSA) is 46.2 Å². The van der Waals surface area contributed by atoms with Gasteiger partial charge in [-0.15, -0.1) is 11.3 Å². The molecule has 1 aromatic heterocycles. The van der Waals surface area contributed by atoms with Crippen LogP contribution in [0.25, 0.3) is 0 Å². The maximum absolute atomic E-state index is 12.9. The maximum atomic E-state index is 12.9. The SMILES string of the molecule is CCC1CCc2sc(CC(=O)C3CC3)c(C(=O)NCC3CC3)c2C1. The van der Waals surface area contributed by atoms with Crippen molar-refractivity contribution < 1.29 is 9.59 Å². The predicted octanol–water partition coefficient (Wildman–Crippen LogP) is 3.92. The second-order valence-corrected chi connectivity index (χ2v) is 9.08. The Hall–Kier alpha value is -1.16. The van der Waals surface area contributed by atoms with Crippen LogP contribution >= 0.6 is 11.3 Å². The summed E-state index contributed by atoms with van der Waals surface area (Å²) in [5, 5.41) is 3.14. The van der Waals surface area contributed by atoms with Crippen LogP contribution in [0, 0.1) is 17.8 Å². The minimum Gasteiger partial charge on any atom is -0.352 e. The normalized spacial score (nSPS) is 23.0. The summed E-state index contributed by atoms with van der Waals surface area (Å²) in [6.07, 6.45) is 9.56. The van der Waals surface area contributed by atoms with Crippen LogP contribution in [0.3, 0.4) is 0 Å². The van der Waals surface area contributed by atoms with Crippen molar-refractivity contribution in [2.45, 2.75) is 64.7 Å². The number of carbonyl (C=O) groups is 2. The average molecular weight is 346 g/mol. The summed E-state index contributed by atoms with van der Waals surface area (Å²) in [5.41, 5.74) is 2.15. The molecule has 0 radical (unpaired) electrons. The number of thiophene rings is 1. The van der Waals surface area contributed by atoms with Crippen LogP contribution in [0.15, 0.2) is 0 Å². The van der Waals surface area contributed by atoms with Gasteiger partial charge < -0.3 is 5.32 Å². The molecule has 0 bridgehead atoms. The van der Waals surface area contributed by atoms with E-state index >= 15 is 0 Å². The van der Waals surface area contributed by atoms with Gasteiger partial charge in [-0.25, -0.2) is 0 Å². The molecule has 130 valence electrons. The van der Waals surface area contributed by atoms with Crippen LogP contribution in [-0.4, -0.2) is 18.2 Å². The van der Waals surface area contributed by atoms with Crippen LogP contribution in [0.1, 0.15) is 71.1 Å². The quantitative estimate of drug-likeness (QED) is 0.814. The molecule has 0 saturated heterocycles. The van der Waals surface area contributed by atoms with Crippen molar-refractivity contribution >= 4 is 23.0 Å². The fraction of sp³-hybridized carbons (Fsp3) is 0.700. The van der Waals surface area contributed by atoms with Crippen LogP contribution < -0.4 is 5.32 Å². The summed E-state index contributed by atoms with van der Waals surface area (Å²) in [6.45, 7) is 3.04. The van der Waals surface area contributed by atoms with Crippen molar-refractivity contribution in [2.75, 3.05) is 6.54 Å². The number of carbonyl (C=O) groups excluding carboxylic acids is 2. The van der Waals surface area contributed by atoms with E-state index in [9.17, 15) is 9.59 Å². The Bertz CT molecular complexity index is 655. The second kappa shape index (κ2) is 6.62. The Morgan fingerprint density at radius 3 is 2.58 bits per heavy atom. The van der Waals surface area contributed by atoms with Gasteiger partial charge in [0.15, 0.2) is 0 Å². The van der Waals surface area contributed by atoms with Gasteiger partial charge in [0.05, 0.1) is 5.56 Å². The number of fused-ring (bicyclic) bond motifs is 1. The number of hydrogen-bond donors (Lipinski definition) is 1. The summed E-state index contributed by atoms with van der Waals surface area (Å²) in [6, 6.07) is 0. The molecular formula is C20H27NO2S. The van der Waals surface area contributed by atoms with E-state index in [0.29, 0.717) is 24.0 Å². The highest BCUT2D eigenvalue weighted by Gasteiger charge is 2.34. The van der Waals surface area contributed by atoms with Crippen molar-refractivity contribution in [2.24, 2.45) is 17.8 Å². The van der Waals surface area contributed by atoms with Gasteiger partial charge >= 0.3 is 0 Å². The molecule has 0 aromatic carbocycles. The van der Waals surface area contributed by atoms with Gasteiger partial charge in [0.25, 0.3) is 5.91 Å². The molecule has 0 spiro atoms. The lowest BCUT2D eigenvalue weighted by molar-refractivity contribution is -0.119. The maximum Gasteiger partial charge on any atom is 0.252 e. The van der Waals surface area contributed by atoms with E-state index < -0.39 is 0 Å². The molecule has 3 aliphatic carbocycles. The molecule has 1 aromatic rings. The van der Waals surface area contributed by atoms with Gasteiger partial charge in [-0.1, -0.05) is 13.3 Å². The molecule has 4 heteroatoms. The third kappa shape index (κ3) is 3.44. The zero-order chi connectivity index (χ0) is 16.7. The van der Waals surface area contributed by atoms with Gasteiger partial charge in [-0.3, -0.25) is 9.59 Å². The first-order valence-electron chi connectivity index (χ1n) is 9.60. The fourth-order valence-electron chi connectivity index (χ4n) is 3.80. The molecule has 4 rings (SSSR count). The molecule has 3 nitrogen and oxygen atoms in total. The van der Waals surface area contributed by atoms with Crippen molar-refractivity contribution in [1.82, 2.24) is 5.32 Å². The van der Waals surface area contributed by atoms with E-state index in [2.05, 4.69) is 12.2 Å². The predicted molar refractivity (Wildman–Crippen MR) is 96.6 cm³/mol. The number of Topliss-reactive ketones (excluding diaryl/α,β-unsaturated/α-hetero) is 1. The first kappa shape index (κ1) is 16.3. The van der Waals surface area contributed by atoms with Gasteiger partial charge in [0.1, 0.15) is 5.78 Å². The number of hydrogen-bond acceptors (Lipinski definition) is 3. The third-order valence-electron chi connectivity index (χ3n) is 5.86. The summed E-state index contributed by atoms with van der Waals surface area (Å²) in [4.78, 5) is 27.6. The zero-order valence-electron chi connectivity index (χ0n) is 14.5. The second-order valence-electron chi connectivity index (χ2n) is 7.89. The summed E-state index contributed by atoms with van der Waals surface area (Å²) in [5.74, 6) is 2.07. The van der Waals surface area contributed by atoms with Gasteiger partial charge in [0.2, 0.25) is 0 Å². The molecule has 0 aliphatic heterocycles. The van der Waals surface area contributed by atoms with E-state index in [1.54, 1.807) is 11.3 Å². The zero-order valence-corrected chi connectivity index (χ0v) is 15.3. The Labute approximate surface area is 148 Å². The fourth-order valence-corrected chi connectivity index (χ4v) is 5.16. The molecular weight excluding hydrogens is 318 g/mol. The summed E-state index contributed by atoms with van der Waals surface area (Å²) < 4.78 is 0. The Balaban J connectivity index is 1.59. The highest BCUT2D eigenvalue weighted by atomic mass is 32.1. The lowest BCUT2D eigenvalue weighted by Gasteiger charge is -2.21. The van der Waals surface area contributed by atoms with Gasteiger partial charge in [0, 0.05) is 28.6 Å². The smallest absolute Gasteiger partial charge is 0.252 e. The minimum absolute atomic E-state index is 0.0785. The van der Waals surface area contributed by atoms with Crippen molar-refractivity contribution in [3.8, 4) is 0 Å². The van der Waals surface area contributed by atoms with E-state index in [1.807, 2.05) is 0 Å². The molecule has 1 atom stereocenters. The number of rotatable bonds is 7. The van der Waals surface area contributed by atoms with Crippen molar-refractivity contribution in [3.63, 3.8) is 0 Å². The van der Waals surface area contributed by atoms with Crippen molar-refractivity contribution in [3.05, 3.63) is 20.9 Å². The highest BCUT2D eigenvalue weighted by Crippen LogP contribution is 2.39. The monoisotopic (exact) mass is 345 g/mol. The molecule has 1 unspecified atom stereocenters. The van der Waals surface area contributed by atoms with Crippen LogP contribution in [0.4, 0.5) is 0 Å². The van der Waals surface area contributed by atoms with E-state index in [4.69, 9.17) is 0 Å². The van der Waals surface area contributed by atoms with Crippen LogP contribution in [0.2, 0.25) is 0 Å². The largest absolute Gasteiger partial charge is 0.352 e. The number of aryl methyl sites for hydroxylation is 1. The van der Waals surface area contributed by atoms with Crippen molar-refractivity contribution in [1.29, 1.82) is 0 Å². The molecule has 1 heterocycles. The van der Waals surface area contributed by atoms with E-state index in [1.165, 1.54) is 36.1 Å². The number of nitrogens with one attached hydrogen (secondary N) is 1. The van der Waals surface area contributed by atoms with Crippen LogP contribution in [0.5, 0.6) is 0 Å². The van der Waals surface area contributed by atoms with Crippen LogP contribution in [-0.2, 0) is 24.1 Å². The Morgan fingerprint density at radius 2 is 1.92 bits per heavy atom. The Morgan fingerprint density at radius 1 is 1.12 bits per heavy atom. The molecule has 1 N–H and O–H groups in total. The van der Waals surface area contributed by atoms with E-state index in [0.717, 1.165) is 42.7 Å². The number of ketones is 1. The molecule has 2 saturated carbocycles. The highest BCUT2D eigenvalue weighted by molar-refractivity contribution is 7.12. The lowest BCUT2D eigenvalue weighted by atomic mass is 9.84.